The van der Waals surface area contributed by atoms with Gasteiger partial charge in [0, 0.05) is 16.2 Å². The number of hydrogen-bond acceptors (Lipinski definition) is 4. The molecule has 1 atom stereocenters. The summed E-state index contributed by atoms with van der Waals surface area (Å²) < 4.78 is 12.0. The Hall–Kier alpha value is -2.29. The summed E-state index contributed by atoms with van der Waals surface area (Å²) in [5, 5.41) is 2.92. The molecule has 6 nitrogen and oxygen atoms in total. The first-order chi connectivity index (χ1) is 14.3. The summed E-state index contributed by atoms with van der Waals surface area (Å²) >= 11 is 2.21. The Morgan fingerprint density at radius 1 is 1.03 bits per heavy atom. The zero-order chi connectivity index (χ0) is 22.1. The fraction of sp³-hybridized carbons (Fsp3) is 0.391. The number of rotatable bonds is 10. The number of nitrogens with zero attached hydrogens (tertiary/aromatic N) is 1. The minimum absolute atomic E-state index is 0.00692. The quantitative estimate of drug-likeness (QED) is 0.477. The van der Waals surface area contributed by atoms with Gasteiger partial charge in [-0.15, -0.1) is 0 Å². The first kappa shape index (κ1) is 24.0. The Balaban J connectivity index is 2.19. The SMILES string of the molecule is CC[C@@H](C(=O)NC(C)C)N(Cc1ccc(OC)cc1)C(=O)COc1ccc(I)cc1. The van der Waals surface area contributed by atoms with Gasteiger partial charge >= 0.3 is 0 Å². The molecule has 0 saturated heterocycles. The lowest BCUT2D eigenvalue weighted by molar-refractivity contribution is -0.143. The molecule has 0 bridgehead atoms. The third-order valence-corrected chi connectivity index (χ3v) is 5.22. The summed E-state index contributed by atoms with van der Waals surface area (Å²) in [6.45, 7) is 5.88. The van der Waals surface area contributed by atoms with Gasteiger partial charge in [-0.2, -0.15) is 0 Å². The number of methoxy groups -OCH3 is 1. The molecule has 0 aliphatic heterocycles. The van der Waals surface area contributed by atoms with Gasteiger partial charge in [-0.05, 0) is 84.8 Å². The maximum absolute atomic E-state index is 13.1. The van der Waals surface area contributed by atoms with E-state index in [0.717, 1.165) is 14.9 Å². The number of halogens is 1. The van der Waals surface area contributed by atoms with E-state index in [1.54, 1.807) is 12.0 Å². The summed E-state index contributed by atoms with van der Waals surface area (Å²) in [4.78, 5) is 27.5. The van der Waals surface area contributed by atoms with Crippen LogP contribution in [0.5, 0.6) is 11.5 Å². The van der Waals surface area contributed by atoms with Gasteiger partial charge < -0.3 is 19.7 Å². The fourth-order valence-electron chi connectivity index (χ4n) is 2.99. The molecule has 0 fully saturated rings. The number of ether oxygens (including phenoxy) is 2. The highest BCUT2D eigenvalue weighted by Gasteiger charge is 2.29. The molecule has 0 heterocycles. The molecule has 2 aromatic rings. The van der Waals surface area contributed by atoms with E-state index in [1.165, 1.54) is 0 Å². The number of carbonyl (C=O) groups is 2. The van der Waals surface area contributed by atoms with Crippen LogP contribution in [0.3, 0.4) is 0 Å². The molecule has 0 radical (unpaired) electrons. The Kier molecular flexibility index (Phi) is 9.42. The zero-order valence-electron chi connectivity index (χ0n) is 17.9. The van der Waals surface area contributed by atoms with Gasteiger partial charge in [0.25, 0.3) is 5.91 Å². The number of benzene rings is 2. The number of hydrogen-bond donors (Lipinski definition) is 1. The van der Waals surface area contributed by atoms with Crippen molar-refractivity contribution >= 4 is 34.4 Å². The first-order valence-electron chi connectivity index (χ1n) is 9.95. The highest BCUT2D eigenvalue weighted by molar-refractivity contribution is 14.1. The van der Waals surface area contributed by atoms with Gasteiger partial charge in [0.15, 0.2) is 6.61 Å². The van der Waals surface area contributed by atoms with E-state index < -0.39 is 6.04 Å². The van der Waals surface area contributed by atoms with Crippen LogP contribution in [-0.2, 0) is 16.1 Å². The summed E-state index contributed by atoms with van der Waals surface area (Å²) in [6, 6.07) is 14.4. The lowest BCUT2D eigenvalue weighted by Gasteiger charge is -2.31. The summed E-state index contributed by atoms with van der Waals surface area (Å²) in [5.74, 6) is 0.954. The van der Waals surface area contributed by atoms with Crippen molar-refractivity contribution in [1.29, 1.82) is 0 Å². The molecule has 0 aliphatic rings. The minimum Gasteiger partial charge on any atom is -0.497 e. The van der Waals surface area contributed by atoms with Gasteiger partial charge in [0.1, 0.15) is 17.5 Å². The third kappa shape index (κ3) is 7.19. The predicted molar refractivity (Wildman–Crippen MR) is 126 cm³/mol. The number of amides is 2. The van der Waals surface area contributed by atoms with Crippen LogP contribution in [-0.4, -0.2) is 42.5 Å². The Morgan fingerprint density at radius 3 is 2.17 bits per heavy atom. The van der Waals surface area contributed by atoms with Gasteiger partial charge in [-0.25, -0.2) is 0 Å². The number of nitrogens with one attached hydrogen (secondary N) is 1. The maximum Gasteiger partial charge on any atom is 0.261 e. The summed E-state index contributed by atoms with van der Waals surface area (Å²) in [6.07, 6.45) is 0.504. The second-order valence-corrected chi connectivity index (χ2v) is 8.45. The first-order valence-corrected chi connectivity index (χ1v) is 11.0. The Morgan fingerprint density at radius 2 is 1.63 bits per heavy atom. The third-order valence-electron chi connectivity index (χ3n) is 4.50. The molecular weight excluding hydrogens is 495 g/mol. The average molecular weight is 524 g/mol. The van der Waals surface area contributed by atoms with Crippen molar-refractivity contribution in [2.45, 2.75) is 45.8 Å². The van der Waals surface area contributed by atoms with E-state index in [0.29, 0.717) is 18.7 Å². The van der Waals surface area contributed by atoms with E-state index in [2.05, 4.69) is 27.9 Å². The van der Waals surface area contributed by atoms with E-state index in [9.17, 15) is 9.59 Å². The van der Waals surface area contributed by atoms with Crippen LogP contribution < -0.4 is 14.8 Å². The van der Waals surface area contributed by atoms with Crippen molar-refractivity contribution in [2.24, 2.45) is 0 Å². The van der Waals surface area contributed by atoms with Crippen LogP contribution in [0.25, 0.3) is 0 Å². The Labute approximate surface area is 192 Å². The smallest absolute Gasteiger partial charge is 0.261 e. The molecule has 0 aromatic heterocycles. The van der Waals surface area contributed by atoms with Crippen molar-refractivity contribution in [2.75, 3.05) is 13.7 Å². The van der Waals surface area contributed by atoms with Gasteiger partial charge in [-0.1, -0.05) is 19.1 Å². The molecule has 162 valence electrons. The molecule has 2 aromatic carbocycles. The monoisotopic (exact) mass is 524 g/mol. The fourth-order valence-corrected chi connectivity index (χ4v) is 3.35. The lowest BCUT2D eigenvalue weighted by Crippen LogP contribution is -2.51. The van der Waals surface area contributed by atoms with Crippen LogP contribution in [0.15, 0.2) is 48.5 Å². The molecular formula is C23H29IN2O4. The van der Waals surface area contributed by atoms with Crippen molar-refractivity contribution in [1.82, 2.24) is 10.2 Å². The molecule has 0 unspecified atom stereocenters. The molecule has 0 spiro atoms. The maximum atomic E-state index is 13.1. The predicted octanol–water partition coefficient (Wildman–Crippen LogP) is 4.01. The average Bonchev–Trinajstić information content (AvgIpc) is 2.73. The van der Waals surface area contributed by atoms with E-state index in [-0.39, 0.29) is 24.5 Å². The van der Waals surface area contributed by atoms with Crippen LogP contribution in [0.1, 0.15) is 32.8 Å². The van der Waals surface area contributed by atoms with Gasteiger partial charge in [-0.3, -0.25) is 9.59 Å². The topological polar surface area (TPSA) is 67.9 Å². The van der Waals surface area contributed by atoms with E-state index >= 15 is 0 Å². The Bertz CT molecular complexity index is 822. The second kappa shape index (κ2) is 11.8. The van der Waals surface area contributed by atoms with Crippen molar-refractivity contribution in [3.63, 3.8) is 0 Å². The van der Waals surface area contributed by atoms with E-state index in [4.69, 9.17) is 9.47 Å². The summed E-state index contributed by atoms with van der Waals surface area (Å²) in [7, 11) is 1.61. The van der Waals surface area contributed by atoms with E-state index in [1.807, 2.05) is 69.3 Å². The molecule has 2 amide bonds. The zero-order valence-corrected chi connectivity index (χ0v) is 20.0. The molecule has 7 heteroatoms. The normalized spacial score (nSPS) is 11.7. The largest absolute Gasteiger partial charge is 0.497 e. The van der Waals surface area contributed by atoms with Crippen molar-refractivity contribution in [3.05, 3.63) is 57.7 Å². The van der Waals surface area contributed by atoms with Crippen LogP contribution in [0, 0.1) is 3.57 Å². The molecule has 1 N–H and O–H groups in total. The van der Waals surface area contributed by atoms with Gasteiger partial charge in [0.05, 0.1) is 7.11 Å². The highest BCUT2D eigenvalue weighted by Crippen LogP contribution is 2.18. The van der Waals surface area contributed by atoms with Gasteiger partial charge in [0.2, 0.25) is 5.91 Å². The van der Waals surface area contributed by atoms with Crippen LogP contribution in [0.2, 0.25) is 0 Å². The molecule has 0 aliphatic carbocycles. The second-order valence-electron chi connectivity index (χ2n) is 7.20. The molecule has 0 saturated carbocycles. The lowest BCUT2D eigenvalue weighted by atomic mass is 10.1. The highest BCUT2D eigenvalue weighted by atomic mass is 127. The number of carbonyl (C=O) groups excluding carboxylic acids is 2. The molecule has 30 heavy (non-hydrogen) atoms. The van der Waals surface area contributed by atoms with Crippen molar-refractivity contribution < 1.29 is 19.1 Å². The molecule has 2 rings (SSSR count). The summed E-state index contributed by atoms with van der Waals surface area (Å²) in [5.41, 5.74) is 0.911. The van der Waals surface area contributed by atoms with Crippen LogP contribution in [0.4, 0.5) is 0 Å². The minimum atomic E-state index is -0.581. The van der Waals surface area contributed by atoms with Crippen LogP contribution >= 0.6 is 22.6 Å². The standard InChI is InChI=1S/C23H29IN2O4/c1-5-21(23(28)25-16(2)3)26(14-17-6-10-19(29-4)11-7-17)22(27)15-30-20-12-8-18(24)9-13-20/h6-13,16,21H,5,14-15H2,1-4H3,(H,25,28)/t21-/m0/s1. The van der Waals surface area contributed by atoms with Crippen molar-refractivity contribution in [3.8, 4) is 11.5 Å².